The van der Waals surface area contributed by atoms with E-state index in [1.807, 2.05) is 72.8 Å². The van der Waals surface area contributed by atoms with Crippen LogP contribution in [0.4, 0.5) is 0 Å². The smallest absolute Gasteiger partial charge is 0.167 e. The molecule has 0 radical (unpaired) electrons. The van der Waals surface area contributed by atoms with E-state index in [-0.39, 0.29) is 5.78 Å². The Kier molecular flexibility index (Phi) is 3.93. The minimum absolute atomic E-state index is 0.142. The lowest BCUT2D eigenvalue weighted by Gasteiger charge is -2.03. The summed E-state index contributed by atoms with van der Waals surface area (Å²) in [5.74, 6) is 0.142. The number of carbonyl (C=O) groups is 1. The molecular weight excluding hydrogens is 314 g/mol. The van der Waals surface area contributed by atoms with Gasteiger partial charge in [-0.05, 0) is 17.7 Å². The van der Waals surface area contributed by atoms with Crippen LogP contribution in [0.3, 0.4) is 0 Å². The van der Waals surface area contributed by atoms with Crippen molar-refractivity contribution in [1.82, 2.24) is 4.98 Å². The number of ketones is 1. The van der Waals surface area contributed by atoms with Crippen LogP contribution < -0.4 is 0 Å². The van der Waals surface area contributed by atoms with Gasteiger partial charge < -0.3 is 0 Å². The number of rotatable bonds is 4. The van der Waals surface area contributed by atoms with Gasteiger partial charge in [-0.15, -0.1) is 11.3 Å². The molecule has 4 aromatic rings. The highest BCUT2D eigenvalue weighted by molar-refractivity contribution is 7.21. The number of para-hydroxylation sites is 1. The van der Waals surface area contributed by atoms with Crippen LogP contribution in [-0.2, 0) is 6.42 Å². The van der Waals surface area contributed by atoms with Gasteiger partial charge in [-0.2, -0.15) is 0 Å². The fraction of sp³-hybridized carbons (Fsp3) is 0.0476. The lowest BCUT2D eigenvalue weighted by Crippen LogP contribution is -2.02. The molecule has 1 aromatic heterocycles. The average molecular weight is 329 g/mol. The molecule has 0 N–H and O–H groups in total. The zero-order valence-corrected chi connectivity index (χ0v) is 13.8. The molecular formula is C21H15NOS. The van der Waals surface area contributed by atoms with Gasteiger partial charge in [-0.1, -0.05) is 66.7 Å². The first-order chi connectivity index (χ1) is 11.8. The minimum atomic E-state index is 0.142. The largest absolute Gasteiger partial charge is 0.294 e. The monoisotopic (exact) mass is 329 g/mol. The highest BCUT2D eigenvalue weighted by atomic mass is 32.1. The van der Waals surface area contributed by atoms with E-state index in [9.17, 15) is 4.79 Å². The zero-order chi connectivity index (χ0) is 16.4. The number of hydrogen-bond acceptors (Lipinski definition) is 3. The van der Waals surface area contributed by atoms with E-state index in [4.69, 9.17) is 0 Å². The summed E-state index contributed by atoms with van der Waals surface area (Å²) in [7, 11) is 0. The SMILES string of the molecule is O=C(Cc1ccc(-c2nc3ccccc3s2)cc1)c1ccccc1. The van der Waals surface area contributed by atoms with Gasteiger partial charge in [-0.3, -0.25) is 4.79 Å². The Morgan fingerprint density at radius 2 is 1.54 bits per heavy atom. The van der Waals surface area contributed by atoms with Gasteiger partial charge >= 0.3 is 0 Å². The molecule has 0 atom stereocenters. The number of fused-ring (bicyclic) bond motifs is 1. The van der Waals surface area contributed by atoms with E-state index >= 15 is 0 Å². The van der Waals surface area contributed by atoms with Gasteiger partial charge in [0.05, 0.1) is 10.2 Å². The third kappa shape index (κ3) is 2.99. The maximum atomic E-state index is 12.3. The first kappa shape index (κ1) is 14.8. The van der Waals surface area contributed by atoms with Crippen LogP contribution in [-0.4, -0.2) is 10.8 Å². The highest BCUT2D eigenvalue weighted by Gasteiger charge is 2.08. The number of nitrogens with zero attached hydrogens (tertiary/aromatic N) is 1. The van der Waals surface area contributed by atoms with Gasteiger partial charge in [-0.25, -0.2) is 4.98 Å². The van der Waals surface area contributed by atoms with Crippen LogP contribution in [0.25, 0.3) is 20.8 Å². The third-order valence-electron chi connectivity index (χ3n) is 3.96. The van der Waals surface area contributed by atoms with Crippen molar-refractivity contribution in [2.24, 2.45) is 0 Å². The molecule has 4 rings (SSSR count). The molecule has 0 amide bonds. The topological polar surface area (TPSA) is 30.0 Å². The van der Waals surface area contributed by atoms with E-state index in [1.54, 1.807) is 11.3 Å². The van der Waals surface area contributed by atoms with Crippen LogP contribution in [0.2, 0.25) is 0 Å². The molecule has 0 saturated carbocycles. The van der Waals surface area contributed by atoms with Crippen molar-refractivity contribution in [2.75, 3.05) is 0 Å². The number of benzene rings is 3. The molecule has 3 heteroatoms. The maximum Gasteiger partial charge on any atom is 0.167 e. The first-order valence-corrected chi connectivity index (χ1v) is 8.64. The molecule has 0 fully saturated rings. The molecule has 0 aliphatic carbocycles. The van der Waals surface area contributed by atoms with Gasteiger partial charge in [0, 0.05) is 17.5 Å². The summed E-state index contributed by atoms with van der Waals surface area (Å²) in [5.41, 5.74) is 3.90. The van der Waals surface area contributed by atoms with E-state index < -0.39 is 0 Å². The number of thiazole rings is 1. The fourth-order valence-corrected chi connectivity index (χ4v) is 3.64. The molecule has 1 heterocycles. The van der Waals surface area contributed by atoms with E-state index in [0.717, 1.165) is 27.2 Å². The van der Waals surface area contributed by atoms with Crippen LogP contribution in [0.5, 0.6) is 0 Å². The van der Waals surface area contributed by atoms with Gasteiger partial charge in [0.2, 0.25) is 0 Å². The second-order valence-corrected chi connectivity index (χ2v) is 6.68. The van der Waals surface area contributed by atoms with Crippen molar-refractivity contribution in [1.29, 1.82) is 0 Å². The van der Waals surface area contributed by atoms with Crippen molar-refractivity contribution in [3.63, 3.8) is 0 Å². The van der Waals surface area contributed by atoms with Gasteiger partial charge in [0.1, 0.15) is 5.01 Å². The Morgan fingerprint density at radius 1 is 0.833 bits per heavy atom. The van der Waals surface area contributed by atoms with Gasteiger partial charge in [0.15, 0.2) is 5.78 Å². The molecule has 0 aliphatic heterocycles. The standard InChI is InChI=1S/C21H15NOS/c23-19(16-6-2-1-3-7-16)14-15-10-12-17(13-11-15)21-22-18-8-4-5-9-20(18)24-21/h1-13H,14H2. The molecule has 3 aromatic carbocycles. The minimum Gasteiger partial charge on any atom is -0.294 e. The Morgan fingerprint density at radius 3 is 2.29 bits per heavy atom. The van der Waals surface area contributed by atoms with E-state index in [2.05, 4.69) is 11.1 Å². The molecule has 0 aliphatic rings. The van der Waals surface area contributed by atoms with Crippen LogP contribution >= 0.6 is 11.3 Å². The molecule has 0 saturated heterocycles. The predicted molar refractivity (Wildman–Crippen MR) is 99.5 cm³/mol. The Bertz CT molecular complexity index is 954. The number of carbonyl (C=O) groups excluding carboxylic acids is 1. The summed E-state index contributed by atoms with van der Waals surface area (Å²) in [6.45, 7) is 0. The van der Waals surface area contributed by atoms with Crippen molar-refractivity contribution in [3.05, 3.63) is 90.0 Å². The van der Waals surface area contributed by atoms with Crippen molar-refractivity contribution in [2.45, 2.75) is 6.42 Å². The van der Waals surface area contributed by atoms with Crippen LogP contribution in [0.1, 0.15) is 15.9 Å². The quantitative estimate of drug-likeness (QED) is 0.470. The second-order valence-electron chi connectivity index (χ2n) is 5.65. The van der Waals surface area contributed by atoms with Crippen LogP contribution in [0.15, 0.2) is 78.9 Å². The first-order valence-electron chi connectivity index (χ1n) is 7.83. The predicted octanol–water partition coefficient (Wildman–Crippen LogP) is 5.39. The zero-order valence-electron chi connectivity index (χ0n) is 13.0. The summed E-state index contributed by atoms with van der Waals surface area (Å²) >= 11 is 1.69. The van der Waals surface area contributed by atoms with Crippen LogP contribution in [0, 0.1) is 0 Å². The number of hydrogen-bond donors (Lipinski definition) is 0. The summed E-state index contributed by atoms with van der Waals surface area (Å²) in [5, 5.41) is 1.01. The Labute approximate surface area is 144 Å². The number of Topliss-reactive ketones (excluding diaryl/α,β-unsaturated/α-hetero) is 1. The van der Waals surface area contributed by atoms with E-state index in [0.29, 0.717) is 6.42 Å². The molecule has 0 unspecified atom stereocenters. The highest BCUT2D eigenvalue weighted by Crippen LogP contribution is 2.30. The average Bonchev–Trinajstić information content (AvgIpc) is 3.07. The summed E-state index contributed by atoms with van der Waals surface area (Å²) in [6, 6.07) is 25.7. The third-order valence-corrected chi connectivity index (χ3v) is 5.04. The Balaban J connectivity index is 1.55. The molecule has 2 nitrogen and oxygen atoms in total. The normalized spacial score (nSPS) is 10.8. The summed E-state index contributed by atoms with van der Waals surface area (Å²) in [4.78, 5) is 16.9. The van der Waals surface area contributed by atoms with Crippen molar-refractivity contribution in [3.8, 4) is 10.6 Å². The Hall–Kier alpha value is -2.78. The van der Waals surface area contributed by atoms with Crippen molar-refractivity contribution >= 4 is 27.3 Å². The maximum absolute atomic E-state index is 12.3. The van der Waals surface area contributed by atoms with E-state index in [1.165, 1.54) is 4.70 Å². The second kappa shape index (κ2) is 6.38. The van der Waals surface area contributed by atoms with Gasteiger partial charge in [0.25, 0.3) is 0 Å². The molecule has 0 spiro atoms. The molecule has 24 heavy (non-hydrogen) atoms. The summed E-state index contributed by atoms with van der Waals surface area (Å²) in [6.07, 6.45) is 0.421. The lowest BCUT2D eigenvalue weighted by molar-refractivity contribution is 0.0993. The fourth-order valence-electron chi connectivity index (χ4n) is 2.67. The lowest BCUT2D eigenvalue weighted by atomic mass is 10.0. The number of aromatic nitrogens is 1. The van der Waals surface area contributed by atoms with Crippen molar-refractivity contribution < 1.29 is 4.79 Å². The summed E-state index contributed by atoms with van der Waals surface area (Å²) < 4.78 is 1.19. The molecule has 116 valence electrons. The molecule has 0 bridgehead atoms.